The Morgan fingerprint density at radius 2 is 2.04 bits per heavy atom. The lowest BCUT2D eigenvalue weighted by molar-refractivity contribution is -0.115. The van der Waals surface area contributed by atoms with Crippen molar-refractivity contribution in [1.29, 1.82) is 0 Å². The van der Waals surface area contributed by atoms with Crippen molar-refractivity contribution >= 4 is 21.6 Å². The van der Waals surface area contributed by atoms with E-state index in [0.717, 1.165) is 5.56 Å². The van der Waals surface area contributed by atoms with E-state index in [1.54, 1.807) is 24.3 Å². The van der Waals surface area contributed by atoms with Gasteiger partial charge in [-0.2, -0.15) is 4.31 Å². The predicted octanol–water partition coefficient (Wildman–Crippen LogP) is 1.68. The first-order valence-corrected chi connectivity index (χ1v) is 10.3. The largest absolute Gasteiger partial charge is 0.387 e. The Hall–Kier alpha value is -1.93. The normalized spacial score (nSPS) is 23.3. The first-order chi connectivity index (χ1) is 12.2. The SMILES string of the molecule is Cc1ccc(S(=O)(=O)N2CCC3(CC(C(=O)NCC(C)C)=NO3)C2)cc1. The Morgan fingerprint density at radius 1 is 1.35 bits per heavy atom. The van der Waals surface area contributed by atoms with Crippen LogP contribution in [0.1, 0.15) is 32.3 Å². The number of oxime groups is 1. The first-order valence-electron chi connectivity index (χ1n) is 8.82. The second-order valence-electron chi connectivity index (χ2n) is 7.49. The van der Waals surface area contributed by atoms with Crippen LogP contribution in [-0.2, 0) is 19.7 Å². The number of amides is 1. The van der Waals surface area contributed by atoms with E-state index in [0.29, 0.717) is 37.6 Å². The molecule has 2 heterocycles. The van der Waals surface area contributed by atoms with Crippen LogP contribution in [0.25, 0.3) is 0 Å². The van der Waals surface area contributed by atoms with Crippen LogP contribution >= 0.6 is 0 Å². The zero-order valence-electron chi connectivity index (χ0n) is 15.4. The molecule has 7 nitrogen and oxygen atoms in total. The quantitative estimate of drug-likeness (QED) is 0.843. The van der Waals surface area contributed by atoms with Gasteiger partial charge in [0.1, 0.15) is 5.71 Å². The number of aryl methyl sites for hydroxylation is 1. The van der Waals surface area contributed by atoms with E-state index in [1.165, 1.54) is 4.31 Å². The van der Waals surface area contributed by atoms with E-state index in [1.807, 2.05) is 20.8 Å². The Labute approximate surface area is 154 Å². The Balaban J connectivity index is 1.66. The molecule has 2 aliphatic rings. The maximum absolute atomic E-state index is 12.8. The molecular weight excluding hydrogens is 354 g/mol. The molecule has 1 amide bonds. The van der Waals surface area contributed by atoms with E-state index in [9.17, 15) is 13.2 Å². The molecule has 2 aliphatic heterocycles. The molecule has 26 heavy (non-hydrogen) atoms. The van der Waals surface area contributed by atoms with Crippen LogP contribution in [0, 0.1) is 12.8 Å². The molecule has 1 unspecified atom stereocenters. The summed E-state index contributed by atoms with van der Waals surface area (Å²) in [5, 5.41) is 6.75. The van der Waals surface area contributed by atoms with Crippen molar-refractivity contribution in [3.05, 3.63) is 29.8 Å². The Kier molecular flexibility index (Phi) is 5.07. The average Bonchev–Trinajstić information content (AvgIpc) is 3.21. The standard InChI is InChI=1S/C18H25N3O4S/c1-13(2)11-19-17(22)16-10-18(25-20-16)8-9-21(12-18)26(23,24)15-6-4-14(3)5-7-15/h4-7,13H,8-12H2,1-3H3,(H,19,22). The molecule has 1 spiro atoms. The van der Waals surface area contributed by atoms with E-state index in [2.05, 4.69) is 10.5 Å². The monoisotopic (exact) mass is 379 g/mol. The molecule has 0 bridgehead atoms. The third kappa shape index (κ3) is 3.76. The van der Waals surface area contributed by atoms with Crippen molar-refractivity contribution in [1.82, 2.24) is 9.62 Å². The van der Waals surface area contributed by atoms with Crippen LogP contribution in [-0.4, -0.2) is 49.6 Å². The number of benzene rings is 1. The van der Waals surface area contributed by atoms with E-state index < -0.39 is 15.6 Å². The van der Waals surface area contributed by atoms with E-state index in [-0.39, 0.29) is 17.3 Å². The van der Waals surface area contributed by atoms with Gasteiger partial charge >= 0.3 is 0 Å². The summed E-state index contributed by atoms with van der Waals surface area (Å²) in [6.07, 6.45) is 0.847. The molecule has 142 valence electrons. The second kappa shape index (κ2) is 7.00. The molecule has 1 aromatic rings. The highest BCUT2D eigenvalue weighted by Gasteiger charge is 2.49. The number of sulfonamides is 1. The fourth-order valence-corrected chi connectivity index (χ4v) is 4.65. The molecule has 0 saturated carbocycles. The van der Waals surface area contributed by atoms with Gasteiger partial charge < -0.3 is 10.2 Å². The van der Waals surface area contributed by atoms with Crippen LogP contribution in [0.3, 0.4) is 0 Å². The Morgan fingerprint density at radius 3 is 2.69 bits per heavy atom. The first kappa shape index (κ1) is 18.8. The number of nitrogens with zero attached hydrogens (tertiary/aromatic N) is 2. The minimum absolute atomic E-state index is 0.202. The number of carbonyl (C=O) groups excluding carboxylic acids is 1. The Bertz CT molecular complexity index is 817. The summed E-state index contributed by atoms with van der Waals surface area (Å²) < 4.78 is 27.1. The summed E-state index contributed by atoms with van der Waals surface area (Å²) in [7, 11) is -3.58. The molecule has 0 aromatic heterocycles. The van der Waals surface area contributed by atoms with Crippen molar-refractivity contribution in [2.45, 2.75) is 44.1 Å². The number of hydrogen-bond acceptors (Lipinski definition) is 5. The predicted molar refractivity (Wildman–Crippen MR) is 98.3 cm³/mol. The van der Waals surface area contributed by atoms with Crippen LogP contribution < -0.4 is 5.32 Å². The van der Waals surface area contributed by atoms with Gasteiger partial charge in [0.05, 0.1) is 11.4 Å². The van der Waals surface area contributed by atoms with Gasteiger partial charge in [-0.25, -0.2) is 8.42 Å². The molecule has 1 fully saturated rings. The summed E-state index contributed by atoms with van der Waals surface area (Å²) in [6, 6.07) is 6.80. The van der Waals surface area contributed by atoms with Crippen LogP contribution in [0.5, 0.6) is 0 Å². The summed E-state index contributed by atoms with van der Waals surface area (Å²) in [4.78, 5) is 18.0. The third-order valence-corrected chi connectivity index (χ3v) is 6.57. The molecule has 1 atom stereocenters. The van der Waals surface area contributed by atoms with E-state index in [4.69, 9.17) is 4.84 Å². The van der Waals surface area contributed by atoms with Crippen molar-refractivity contribution < 1.29 is 18.0 Å². The van der Waals surface area contributed by atoms with Crippen molar-refractivity contribution in [3.8, 4) is 0 Å². The van der Waals surface area contributed by atoms with Crippen molar-refractivity contribution in [2.24, 2.45) is 11.1 Å². The molecule has 3 rings (SSSR count). The molecule has 0 radical (unpaired) electrons. The molecule has 1 saturated heterocycles. The number of hydrogen-bond donors (Lipinski definition) is 1. The highest BCUT2D eigenvalue weighted by Crippen LogP contribution is 2.36. The van der Waals surface area contributed by atoms with E-state index >= 15 is 0 Å². The molecule has 0 aliphatic carbocycles. The van der Waals surface area contributed by atoms with Gasteiger partial charge in [-0.15, -0.1) is 0 Å². The maximum atomic E-state index is 12.8. The van der Waals surface area contributed by atoms with Crippen LogP contribution in [0.2, 0.25) is 0 Å². The lowest BCUT2D eigenvalue weighted by Gasteiger charge is -2.21. The fourth-order valence-electron chi connectivity index (χ4n) is 3.13. The highest BCUT2D eigenvalue weighted by atomic mass is 32.2. The highest BCUT2D eigenvalue weighted by molar-refractivity contribution is 7.89. The van der Waals surface area contributed by atoms with Gasteiger partial charge in [-0.1, -0.05) is 36.7 Å². The summed E-state index contributed by atoms with van der Waals surface area (Å²) in [6.45, 7) is 7.06. The molecule has 1 N–H and O–H groups in total. The fraction of sp³-hybridized carbons (Fsp3) is 0.556. The molecular formula is C18H25N3O4S. The van der Waals surface area contributed by atoms with Gasteiger partial charge in [0.15, 0.2) is 5.60 Å². The molecule has 1 aromatic carbocycles. The topological polar surface area (TPSA) is 88.1 Å². The second-order valence-corrected chi connectivity index (χ2v) is 9.43. The van der Waals surface area contributed by atoms with Gasteiger partial charge in [-0.05, 0) is 25.0 Å². The van der Waals surface area contributed by atoms with Gasteiger partial charge in [0, 0.05) is 25.9 Å². The summed E-state index contributed by atoms with van der Waals surface area (Å²) in [5.41, 5.74) is 0.606. The zero-order valence-corrected chi connectivity index (χ0v) is 16.2. The van der Waals surface area contributed by atoms with Gasteiger partial charge in [-0.3, -0.25) is 4.79 Å². The smallest absolute Gasteiger partial charge is 0.269 e. The van der Waals surface area contributed by atoms with Gasteiger partial charge in [0.25, 0.3) is 5.91 Å². The van der Waals surface area contributed by atoms with Crippen LogP contribution in [0.15, 0.2) is 34.3 Å². The van der Waals surface area contributed by atoms with Crippen molar-refractivity contribution in [3.63, 3.8) is 0 Å². The third-order valence-electron chi connectivity index (χ3n) is 4.71. The zero-order chi connectivity index (χ0) is 18.9. The lowest BCUT2D eigenvalue weighted by Crippen LogP contribution is -2.39. The number of nitrogens with one attached hydrogen (secondary N) is 1. The average molecular weight is 379 g/mol. The van der Waals surface area contributed by atoms with Crippen molar-refractivity contribution in [2.75, 3.05) is 19.6 Å². The molecule has 8 heteroatoms. The summed E-state index contributed by atoms with van der Waals surface area (Å²) >= 11 is 0. The lowest BCUT2D eigenvalue weighted by atomic mass is 9.96. The number of rotatable bonds is 5. The maximum Gasteiger partial charge on any atom is 0.269 e. The number of carbonyl (C=O) groups is 1. The summed E-state index contributed by atoms with van der Waals surface area (Å²) in [5.74, 6) is 0.105. The van der Waals surface area contributed by atoms with Gasteiger partial charge in [0.2, 0.25) is 10.0 Å². The minimum atomic E-state index is -3.58. The van der Waals surface area contributed by atoms with Crippen LogP contribution in [0.4, 0.5) is 0 Å². The minimum Gasteiger partial charge on any atom is -0.387 e.